The standard InChI is InChI=1S/C14H15NO4/c1-9(2)10-3-5-11(6-4-10)18-8-13-12(14(16)17)7-15-19-13/h3-7,9H,8H2,1-2H3,(H,16,17). The molecule has 0 amide bonds. The van der Waals surface area contributed by atoms with Crippen molar-refractivity contribution in [1.82, 2.24) is 5.16 Å². The van der Waals surface area contributed by atoms with Gasteiger partial charge in [0, 0.05) is 0 Å². The van der Waals surface area contributed by atoms with Crippen LogP contribution in [0.4, 0.5) is 0 Å². The van der Waals surface area contributed by atoms with Gasteiger partial charge in [-0.25, -0.2) is 4.79 Å². The number of carboxylic acids is 1. The molecule has 0 saturated carbocycles. The molecule has 5 nitrogen and oxygen atoms in total. The van der Waals surface area contributed by atoms with Crippen LogP contribution in [-0.2, 0) is 6.61 Å². The summed E-state index contributed by atoms with van der Waals surface area (Å²) in [5, 5.41) is 12.4. The van der Waals surface area contributed by atoms with Crippen molar-refractivity contribution in [2.24, 2.45) is 0 Å². The largest absolute Gasteiger partial charge is 0.486 e. The van der Waals surface area contributed by atoms with Crippen LogP contribution in [-0.4, -0.2) is 16.2 Å². The summed E-state index contributed by atoms with van der Waals surface area (Å²) in [6, 6.07) is 7.68. The van der Waals surface area contributed by atoms with Crippen LogP contribution in [0.15, 0.2) is 35.0 Å². The quantitative estimate of drug-likeness (QED) is 0.895. The first kappa shape index (κ1) is 13.1. The van der Waals surface area contributed by atoms with Crippen LogP contribution in [0.1, 0.15) is 41.4 Å². The third-order valence-corrected chi connectivity index (χ3v) is 2.79. The van der Waals surface area contributed by atoms with Gasteiger partial charge in [0.1, 0.15) is 17.9 Å². The summed E-state index contributed by atoms with van der Waals surface area (Å²) in [5.74, 6) is 0.259. The van der Waals surface area contributed by atoms with Gasteiger partial charge in [-0.1, -0.05) is 31.1 Å². The Kier molecular flexibility index (Phi) is 3.85. The minimum absolute atomic E-state index is 0.0267. The van der Waals surface area contributed by atoms with Gasteiger partial charge in [-0.05, 0) is 23.6 Å². The second kappa shape index (κ2) is 5.56. The average Bonchev–Trinajstić information content (AvgIpc) is 2.85. The highest BCUT2D eigenvalue weighted by Gasteiger charge is 2.15. The van der Waals surface area contributed by atoms with Crippen molar-refractivity contribution in [3.05, 3.63) is 47.3 Å². The molecule has 0 radical (unpaired) electrons. The summed E-state index contributed by atoms with van der Waals surface area (Å²) >= 11 is 0. The molecule has 1 N–H and O–H groups in total. The van der Waals surface area contributed by atoms with Gasteiger partial charge < -0.3 is 14.4 Å². The Bertz CT molecular complexity index is 557. The van der Waals surface area contributed by atoms with Crippen LogP contribution >= 0.6 is 0 Å². The number of hydrogen-bond acceptors (Lipinski definition) is 4. The number of rotatable bonds is 5. The lowest BCUT2D eigenvalue weighted by atomic mass is 10.0. The molecule has 0 atom stereocenters. The third kappa shape index (κ3) is 3.13. The number of benzene rings is 1. The number of aromatic nitrogens is 1. The lowest BCUT2D eigenvalue weighted by Gasteiger charge is -2.07. The monoisotopic (exact) mass is 261 g/mol. The third-order valence-electron chi connectivity index (χ3n) is 2.79. The summed E-state index contributed by atoms with van der Waals surface area (Å²) in [6.07, 6.45) is 1.17. The molecule has 5 heteroatoms. The molecule has 0 bridgehead atoms. The molecule has 0 aliphatic rings. The highest BCUT2D eigenvalue weighted by molar-refractivity contribution is 5.88. The van der Waals surface area contributed by atoms with Crippen molar-refractivity contribution in [3.63, 3.8) is 0 Å². The van der Waals surface area contributed by atoms with E-state index in [4.69, 9.17) is 14.4 Å². The van der Waals surface area contributed by atoms with Crippen LogP contribution in [0.5, 0.6) is 5.75 Å². The lowest BCUT2D eigenvalue weighted by Crippen LogP contribution is -2.02. The van der Waals surface area contributed by atoms with E-state index in [9.17, 15) is 4.79 Å². The Morgan fingerprint density at radius 1 is 1.37 bits per heavy atom. The SMILES string of the molecule is CC(C)c1ccc(OCc2oncc2C(=O)O)cc1. The van der Waals surface area contributed by atoms with E-state index in [1.54, 1.807) is 0 Å². The molecule has 100 valence electrons. The van der Waals surface area contributed by atoms with E-state index in [-0.39, 0.29) is 17.9 Å². The van der Waals surface area contributed by atoms with Gasteiger partial charge in [-0.15, -0.1) is 0 Å². The van der Waals surface area contributed by atoms with Gasteiger partial charge in [0.05, 0.1) is 6.20 Å². The molecule has 0 spiro atoms. The first-order valence-corrected chi connectivity index (χ1v) is 5.97. The van der Waals surface area contributed by atoms with Crippen molar-refractivity contribution >= 4 is 5.97 Å². The molecule has 0 saturated heterocycles. The molecular weight excluding hydrogens is 246 g/mol. The minimum atomic E-state index is -1.07. The fourth-order valence-electron chi connectivity index (χ4n) is 1.64. The predicted molar refractivity (Wildman–Crippen MR) is 68.3 cm³/mol. The molecule has 0 aliphatic carbocycles. The zero-order chi connectivity index (χ0) is 13.8. The van der Waals surface area contributed by atoms with Gasteiger partial charge in [0.2, 0.25) is 0 Å². The predicted octanol–water partition coefficient (Wildman–Crippen LogP) is 3.08. The van der Waals surface area contributed by atoms with E-state index in [1.165, 1.54) is 11.8 Å². The maximum absolute atomic E-state index is 10.9. The topological polar surface area (TPSA) is 72.6 Å². The maximum atomic E-state index is 10.9. The lowest BCUT2D eigenvalue weighted by molar-refractivity contribution is 0.0691. The molecule has 0 aliphatic heterocycles. The highest BCUT2D eigenvalue weighted by atomic mass is 16.5. The van der Waals surface area contributed by atoms with Crippen molar-refractivity contribution in [2.45, 2.75) is 26.4 Å². The Labute approximate surface area is 110 Å². The molecule has 1 aromatic heterocycles. The van der Waals surface area contributed by atoms with Crippen LogP contribution in [0, 0.1) is 0 Å². The smallest absolute Gasteiger partial charge is 0.341 e. The van der Waals surface area contributed by atoms with Gasteiger partial charge in [-0.2, -0.15) is 0 Å². The number of hydrogen-bond donors (Lipinski definition) is 1. The van der Waals surface area contributed by atoms with Gasteiger partial charge in [-0.3, -0.25) is 0 Å². The first-order chi connectivity index (χ1) is 9.08. The second-order valence-corrected chi connectivity index (χ2v) is 4.48. The van der Waals surface area contributed by atoms with Crippen molar-refractivity contribution < 1.29 is 19.2 Å². The number of ether oxygens (including phenoxy) is 1. The molecule has 0 fully saturated rings. The molecule has 1 aromatic carbocycles. The molecular formula is C14H15NO4. The average molecular weight is 261 g/mol. The molecule has 0 unspecified atom stereocenters. The minimum Gasteiger partial charge on any atom is -0.486 e. The highest BCUT2D eigenvalue weighted by Crippen LogP contribution is 2.20. The molecule has 2 aromatic rings. The molecule has 19 heavy (non-hydrogen) atoms. The summed E-state index contributed by atoms with van der Waals surface area (Å²) in [6.45, 7) is 4.27. The summed E-state index contributed by atoms with van der Waals surface area (Å²) < 4.78 is 10.3. The van der Waals surface area contributed by atoms with E-state index < -0.39 is 5.97 Å². The zero-order valence-corrected chi connectivity index (χ0v) is 10.8. The number of carboxylic acid groups (broad SMARTS) is 1. The fraction of sp³-hybridized carbons (Fsp3) is 0.286. The number of nitrogens with zero attached hydrogens (tertiary/aromatic N) is 1. The van der Waals surface area contributed by atoms with Crippen LogP contribution < -0.4 is 4.74 Å². The van der Waals surface area contributed by atoms with Crippen molar-refractivity contribution in [1.29, 1.82) is 0 Å². The van der Waals surface area contributed by atoms with Gasteiger partial charge in [0.25, 0.3) is 0 Å². The molecule has 2 rings (SSSR count). The number of aromatic carboxylic acids is 1. The number of carbonyl (C=O) groups is 1. The van der Waals surface area contributed by atoms with Crippen LogP contribution in [0.3, 0.4) is 0 Å². The van der Waals surface area contributed by atoms with Gasteiger partial charge >= 0.3 is 5.97 Å². The summed E-state index contributed by atoms with van der Waals surface area (Å²) in [7, 11) is 0. The van der Waals surface area contributed by atoms with Crippen LogP contribution in [0.25, 0.3) is 0 Å². The van der Waals surface area contributed by atoms with Crippen molar-refractivity contribution in [3.8, 4) is 5.75 Å². The normalized spacial score (nSPS) is 10.7. The summed E-state index contributed by atoms with van der Waals surface area (Å²) in [5.41, 5.74) is 1.25. The Morgan fingerprint density at radius 2 is 2.05 bits per heavy atom. The van der Waals surface area contributed by atoms with E-state index in [0.29, 0.717) is 11.7 Å². The second-order valence-electron chi connectivity index (χ2n) is 4.48. The van der Waals surface area contributed by atoms with Crippen molar-refractivity contribution in [2.75, 3.05) is 0 Å². The van der Waals surface area contributed by atoms with E-state index >= 15 is 0 Å². The van der Waals surface area contributed by atoms with Crippen LogP contribution in [0.2, 0.25) is 0 Å². The van der Waals surface area contributed by atoms with Gasteiger partial charge in [0.15, 0.2) is 5.76 Å². The fourth-order valence-corrected chi connectivity index (χ4v) is 1.64. The Balaban J connectivity index is 2.02. The molecule has 1 heterocycles. The Hall–Kier alpha value is -2.30. The van der Waals surface area contributed by atoms with E-state index in [2.05, 4.69) is 19.0 Å². The first-order valence-electron chi connectivity index (χ1n) is 5.97. The Morgan fingerprint density at radius 3 is 2.63 bits per heavy atom. The zero-order valence-electron chi connectivity index (χ0n) is 10.8. The van der Waals surface area contributed by atoms with E-state index in [1.807, 2.05) is 24.3 Å². The maximum Gasteiger partial charge on any atom is 0.341 e. The van der Waals surface area contributed by atoms with E-state index in [0.717, 1.165) is 0 Å². The summed E-state index contributed by atoms with van der Waals surface area (Å²) in [4.78, 5) is 10.9.